The topological polar surface area (TPSA) is 92.5 Å². The van der Waals surface area contributed by atoms with Crippen molar-refractivity contribution < 1.29 is 17.6 Å². The van der Waals surface area contributed by atoms with Crippen molar-refractivity contribution in [3.63, 3.8) is 0 Å². The van der Waals surface area contributed by atoms with Crippen LogP contribution in [-0.4, -0.2) is 37.7 Å². The predicted octanol–water partition coefficient (Wildman–Crippen LogP) is 3.97. The molecule has 0 bridgehead atoms. The Bertz CT molecular complexity index is 1180. The van der Waals surface area contributed by atoms with E-state index in [0.29, 0.717) is 27.2 Å². The number of sulfonamides is 1. The zero-order chi connectivity index (χ0) is 20.1. The maximum Gasteiger partial charge on any atom is 0.255 e. The molecule has 0 radical (unpaired) electrons. The Hall–Kier alpha value is -2.23. The number of nitrogens with zero attached hydrogens (tertiary/aromatic N) is 2. The summed E-state index contributed by atoms with van der Waals surface area (Å²) in [5, 5.41) is 2.79. The summed E-state index contributed by atoms with van der Waals surface area (Å²) in [4.78, 5) is 17.2. The molecule has 4 rings (SSSR count). The lowest BCUT2D eigenvalue weighted by atomic mass is 10.2. The first-order valence-electron chi connectivity index (χ1n) is 8.69. The first kappa shape index (κ1) is 19.1. The maximum atomic E-state index is 12.7. The van der Waals surface area contributed by atoms with E-state index in [1.165, 1.54) is 20.2 Å². The molecule has 9 heteroatoms. The monoisotopic (exact) mass is 463 g/mol. The Morgan fingerprint density at radius 3 is 2.64 bits per heavy atom. The molecule has 28 heavy (non-hydrogen) atoms. The van der Waals surface area contributed by atoms with Crippen LogP contribution in [0.15, 0.2) is 50.2 Å². The van der Waals surface area contributed by atoms with Gasteiger partial charge in [-0.3, -0.25) is 4.79 Å². The van der Waals surface area contributed by atoms with Gasteiger partial charge >= 0.3 is 0 Å². The van der Waals surface area contributed by atoms with E-state index in [4.69, 9.17) is 4.42 Å². The van der Waals surface area contributed by atoms with Gasteiger partial charge in [0.25, 0.3) is 5.91 Å². The van der Waals surface area contributed by atoms with Gasteiger partial charge in [0.15, 0.2) is 11.5 Å². The molecular weight excluding hydrogens is 446 g/mol. The summed E-state index contributed by atoms with van der Waals surface area (Å²) in [7, 11) is -0.797. The molecule has 0 aliphatic heterocycles. The highest BCUT2D eigenvalue weighted by Crippen LogP contribution is 2.40. The minimum Gasteiger partial charge on any atom is -0.440 e. The quantitative estimate of drug-likeness (QED) is 0.617. The summed E-state index contributed by atoms with van der Waals surface area (Å²) in [5.74, 6) is 0.739. The average molecular weight is 464 g/mol. The molecule has 1 N–H and O–H groups in total. The molecule has 0 unspecified atom stereocenters. The van der Waals surface area contributed by atoms with Gasteiger partial charge in [-0.1, -0.05) is 0 Å². The highest BCUT2D eigenvalue weighted by molar-refractivity contribution is 9.10. The van der Waals surface area contributed by atoms with Crippen molar-refractivity contribution in [2.45, 2.75) is 23.7 Å². The zero-order valence-electron chi connectivity index (χ0n) is 15.3. The number of carbonyl (C=O) groups excluding carboxylic acids is 1. The van der Waals surface area contributed by atoms with Crippen molar-refractivity contribution in [2.75, 3.05) is 19.4 Å². The van der Waals surface area contributed by atoms with Gasteiger partial charge in [0.2, 0.25) is 10.0 Å². The molecule has 1 amide bonds. The fraction of sp³-hybridized carbons (Fsp3) is 0.263. The van der Waals surface area contributed by atoms with Crippen LogP contribution in [0.5, 0.6) is 0 Å². The largest absolute Gasteiger partial charge is 0.440 e. The van der Waals surface area contributed by atoms with Crippen LogP contribution >= 0.6 is 15.9 Å². The highest BCUT2D eigenvalue weighted by atomic mass is 79.9. The lowest BCUT2D eigenvalue weighted by Crippen LogP contribution is -2.23. The first-order valence-corrected chi connectivity index (χ1v) is 10.9. The summed E-state index contributed by atoms with van der Waals surface area (Å²) >= 11 is 3.24. The lowest BCUT2D eigenvalue weighted by molar-refractivity contribution is 0.102. The number of halogens is 1. The van der Waals surface area contributed by atoms with E-state index in [2.05, 4.69) is 26.2 Å². The van der Waals surface area contributed by atoms with Crippen molar-refractivity contribution >= 4 is 48.6 Å². The summed E-state index contributed by atoms with van der Waals surface area (Å²) in [5.41, 5.74) is 2.17. The van der Waals surface area contributed by atoms with Gasteiger partial charge in [-0.15, -0.1) is 0 Å². The van der Waals surface area contributed by atoms with Crippen LogP contribution in [0.4, 0.5) is 5.69 Å². The van der Waals surface area contributed by atoms with Gasteiger partial charge in [0, 0.05) is 35.7 Å². The number of aromatic nitrogens is 1. The smallest absolute Gasteiger partial charge is 0.255 e. The number of oxazole rings is 1. The summed E-state index contributed by atoms with van der Waals surface area (Å²) in [6.45, 7) is 0. The third kappa shape index (κ3) is 3.57. The number of hydrogen-bond acceptors (Lipinski definition) is 5. The van der Waals surface area contributed by atoms with Gasteiger partial charge in [0.1, 0.15) is 5.52 Å². The van der Waals surface area contributed by atoms with Gasteiger partial charge < -0.3 is 9.73 Å². The maximum absolute atomic E-state index is 12.7. The Morgan fingerprint density at radius 2 is 1.96 bits per heavy atom. The third-order valence-corrected chi connectivity index (χ3v) is 7.35. The van der Waals surface area contributed by atoms with Crippen LogP contribution in [-0.2, 0) is 10.0 Å². The van der Waals surface area contributed by atoms with Crippen molar-refractivity contribution in [3.05, 3.63) is 52.3 Å². The van der Waals surface area contributed by atoms with E-state index >= 15 is 0 Å². The molecule has 146 valence electrons. The van der Waals surface area contributed by atoms with Crippen LogP contribution < -0.4 is 5.32 Å². The van der Waals surface area contributed by atoms with E-state index in [-0.39, 0.29) is 10.5 Å². The summed E-state index contributed by atoms with van der Waals surface area (Å²) in [6.07, 6.45) is 2.19. The van der Waals surface area contributed by atoms with Crippen molar-refractivity contribution in [1.82, 2.24) is 9.29 Å². The molecule has 3 aromatic rings. The Balaban J connectivity index is 1.60. The molecule has 2 aromatic carbocycles. The second-order valence-electron chi connectivity index (χ2n) is 6.90. The molecule has 1 aliphatic rings. The third-order valence-electron chi connectivity index (χ3n) is 4.54. The number of rotatable bonds is 5. The van der Waals surface area contributed by atoms with Crippen LogP contribution in [0, 0.1) is 0 Å². The van der Waals surface area contributed by atoms with Gasteiger partial charge in [0.05, 0.1) is 4.90 Å². The second kappa shape index (κ2) is 6.98. The Morgan fingerprint density at radius 1 is 1.21 bits per heavy atom. The van der Waals surface area contributed by atoms with Crippen LogP contribution in [0.25, 0.3) is 11.1 Å². The number of benzene rings is 2. The molecule has 7 nitrogen and oxygen atoms in total. The standard InChI is InChI=1S/C19H18BrN3O4S/c1-23(2)28(25,26)17-9-12(5-7-14(17)20)18(24)21-13-6-8-16-15(10-13)22-19(27-16)11-3-4-11/h5-11H,3-4H2,1-2H3,(H,21,24). The molecule has 0 atom stereocenters. The number of carbonyl (C=O) groups is 1. The van der Waals surface area contributed by atoms with Crippen molar-refractivity contribution in [1.29, 1.82) is 0 Å². The summed E-state index contributed by atoms with van der Waals surface area (Å²) in [6, 6.07) is 9.72. The van der Waals surface area contributed by atoms with E-state index in [9.17, 15) is 13.2 Å². The second-order valence-corrected chi connectivity index (χ2v) is 9.87. The average Bonchev–Trinajstić information content (AvgIpc) is 3.41. The molecular formula is C19H18BrN3O4S. The molecule has 1 aromatic heterocycles. The molecule has 1 fully saturated rings. The minimum absolute atomic E-state index is 0.0335. The minimum atomic E-state index is -3.68. The molecule has 1 aliphatic carbocycles. The molecule has 1 saturated carbocycles. The van der Waals surface area contributed by atoms with Crippen molar-refractivity contribution in [3.8, 4) is 0 Å². The normalized spacial score (nSPS) is 14.6. The Kier molecular flexibility index (Phi) is 4.76. The fourth-order valence-electron chi connectivity index (χ4n) is 2.77. The number of hydrogen-bond donors (Lipinski definition) is 1. The van der Waals surface area contributed by atoms with Crippen LogP contribution in [0.2, 0.25) is 0 Å². The molecule has 1 heterocycles. The van der Waals surface area contributed by atoms with Gasteiger partial charge in [-0.2, -0.15) is 0 Å². The van der Waals surface area contributed by atoms with Crippen LogP contribution in [0.3, 0.4) is 0 Å². The van der Waals surface area contributed by atoms with E-state index in [1.807, 2.05) is 0 Å². The van der Waals surface area contributed by atoms with E-state index in [1.54, 1.807) is 30.3 Å². The number of anilines is 1. The number of amides is 1. The van der Waals surface area contributed by atoms with Gasteiger partial charge in [-0.05, 0) is 65.2 Å². The zero-order valence-corrected chi connectivity index (χ0v) is 17.7. The van der Waals surface area contributed by atoms with Crippen LogP contribution in [0.1, 0.15) is 35.0 Å². The predicted molar refractivity (Wildman–Crippen MR) is 109 cm³/mol. The fourth-order valence-corrected chi connectivity index (χ4v) is 4.61. The highest BCUT2D eigenvalue weighted by Gasteiger charge is 2.29. The lowest BCUT2D eigenvalue weighted by Gasteiger charge is -2.14. The molecule has 0 saturated heterocycles. The van der Waals surface area contributed by atoms with E-state index in [0.717, 1.165) is 23.0 Å². The first-order chi connectivity index (χ1) is 13.3. The SMILES string of the molecule is CN(C)S(=O)(=O)c1cc(C(=O)Nc2ccc3oc(C4CC4)nc3c2)ccc1Br. The van der Waals surface area contributed by atoms with Gasteiger partial charge in [-0.25, -0.2) is 17.7 Å². The number of nitrogens with one attached hydrogen (secondary N) is 1. The summed E-state index contributed by atoms with van der Waals surface area (Å²) < 4.78 is 32.1. The molecule has 0 spiro atoms. The Labute approximate surface area is 170 Å². The van der Waals surface area contributed by atoms with E-state index < -0.39 is 15.9 Å². The number of fused-ring (bicyclic) bond motifs is 1. The van der Waals surface area contributed by atoms with Crippen molar-refractivity contribution in [2.24, 2.45) is 0 Å².